The van der Waals surface area contributed by atoms with Crippen molar-refractivity contribution < 1.29 is 37.2 Å². The molecule has 0 atom stereocenters. The first-order chi connectivity index (χ1) is 16.1. The molecule has 0 saturated heterocycles. The van der Waals surface area contributed by atoms with Gasteiger partial charge in [0.15, 0.2) is 6.61 Å². The number of esters is 1. The molecule has 0 fully saturated rings. The molecule has 0 aliphatic carbocycles. The number of benzene rings is 3. The van der Waals surface area contributed by atoms with Gasteiger partial charge in [0.2, 0.25) is 0 Å². The van der Waals surface area contributed by atoms with Gasteiger partial charge >= 0.3 is 12.1 Å². The van der Waals surface area contributed by atoms with Gasteiger partial charge in [-0.2, -0.15) is 13.2 Å². The van der Waals surface area contributed by atoms with E-state index in [1.165, 1.54) is 0 Å². The van der Waals surface area contributed by atoms with E-state index in [0.29, 0.717) is 28.7 Å². The number of ether oxygens (including phenoxy) is 2. The Hall–Kier alpha value is -4.41. The maximum Gasteiger partial charge on any atom is 0.418 e. The lowest BCUT2D eigenvalue weighted by molar-refractivity contribution is -0.385. The number of amides is 1. The molecule has 174 valence electrons. The largest absolute Gasteiger partial charge is 0.457 e. The Kier molecular flexibility index (Phi) is 5.93. The zero-order chi connectivity index (χ0) is 24.5. The van der Waals surface area contributed by atoms with Crippen molar-refractivity contribution in [2.45, 2.75) is 12.1 Å². The number of carbonyl (C=O) groups excluding carboxylic acids is 2. The molecule has 1 aliphatic rings. The minimum atomic E-state index is -4.96. The summed E-state index contributed by atoms with van der Waals surface area (Å²) in [6.45, 7) is -0.866. The summed E-state index contributed by atoms with van der Waals surface area (Å²) in [6.07, 6.45) is -4.96. The monoisotopic (exact) mass is 472 g/mol. The summed E-state index contributed by atoms with van der Waals surface area (Å²) < 4.78 is 50.8. The van der Waals surface area contributed by atoms with E-state index in [-0.39, 0.29) is 0 Å². The van der Waals surface area contributed by atoms with Gasteiger partial charge in [-0.05, 0) is 18.2 Å². The van der Waals surface area contributed by atoms with E-state index in [1.807, 2.05) is 5.32 Å². The topological polar surface area (TPSA) is 108 Å². The fourth-order valence-electron chi connectivity index (χ4n) is 3.56. The Morgan fingerprint density at radius 1 is 1.00 bits per heavy atom. The highest BCUT2D eigenvalue weighted by molar-refractivity contribution is 5.95. The van der Waals surface area contributed by atoms with Gasteiger partial charge in [-0.15, -0.1) is 0 Å². The van der Waals surface area contributed by atoms with E-state index in [1.54, 1.807) is 48.5 Å². The number of alkyl halides is 3. The number of nitro groups is 1. The van der Waals surface area contributed by atoms with Gasteiger partial charge in [-0.3, -0.25) is 19.7 Å². The number of non-ortho nitro benzene ring substituents is 1. The summed E-state index contributed by atoms with van der Waals surface area (Å²) >= 11 is 0. The molecular weight excluding hydrogens is 457 g/mol. The van der Waals surface area contributed by atoms with E-state index in [9.17, 15) is 32.9 Å². The van der Waals surface area contributed by atoms with E-state index >= 15 is 0 Å². The summed E-state index contributed by atoms with van der Waals surface area (Å²) in [7, 11) is 0. The Labute approximate surface area is 190 Å². The number of carbonyl (C=O) groups is 2. The van der Waals surface area contributed by atoms with Crippen LogP contribution in [0.4, 0.5) is 24.5 Å². The second-order valence-corrected chi connectivity index (χ2v) is 7.25. The predicted octanol–water partition coefficient (Wildman–Crippen LogP) is 5.03. The smallest absolute Gasteiger partial charge is 0.418 e. The normalized spacial score (nSPS) is 12.7. The maximum absolute atomic E-state index is 13.3. The van der Waals surface area contributed by atoms with Crippen LogP contribution >= 0.6 is 0 Å². The van der Waals surface area contributed by atoms with Gasteiger partial charge in [0.1, 0.15) is 17.4 Å². The molecule has 1 N–H and O–H groups in total. The fraction of sp³-hybridized carbons (Fsp3) is 0.130. The fourth-order valence-corrected chi connectivity index (χ4v) is 3.56. The summed E-state index contributed by atoms with van der Waals surface area (Å²) in [5.74, 6) is -1.86. The number of rotatable bonds is 5. The molecule has 1 amide bonds. The van der Waals surface area contributed by atoms with Crippen molar-refractivity contribution in [3.63, 3.8) is 0 Å². The number of halogens is 3. The van der Waals surface area contributed by atoms with Gasteiger partial charge in [0.05, 0.1) is 16.2 Å². The highest BCUT2D eigenvalue weighted by atomic mass is 19.4. The number of nitrogens with zero attached hydrogens (tertiary/aromatic N) is 1. The third kappa shape index (κ3) is 4.53. The average Bonchev–Trinajstić information content (AvgIpc) is 2.80. The van der Waals surface area contributed by atoms with Crippen molar-refractivity contribution in [2.24, 2.45) is 0 Å². The Bertz CT molecular complexity index is 1250. The van der Waals surface area contributed by atoms with Crippen LogP contribution in [-0.4, -0.2) is 23.4 Å². The van der Waals surface area contributed by atoms with Gasteiger partial charge < -0.3 is 14.8 Å². The molecule has 0 aromatic heterocycles. The zero-order valence-corrected chi connectivity index (χ0v) is 17.2. The third-order valence-electron chi connectivity index (χ3n) is 5.05. The van der Waals surface area contributed by atoms with Gasteiger partial charge in [-0.1, -0.05) is 36.4 Å². The Morgan fingerprint density at radius 2 is 1.59 bits per heavy atom. The average molecular weight is 472 g/mol. The number of nitrogens with one attached hydrogen (secondary N) is 1. The SMILES string of the molecule is O=C(COC(=O)C1c2ccccc2Oc2ccccc21)Nc1ccc([N+](=O)[O-])cc1C(F)(F)F. The van der Waals surface area contributed by atoms with Crippen LogP contribution in [0.15, 0.2) is 66.7 Å². The number of anilines is 1. The molecule has 34 heavy (non-hydrogen) atoms. The van der Waals surface area contributed by atoms with Crippen molar-refractivity contribution in [3.05, 3.63) is 93.5 Å². The van der Waals surface area contributed by atoms with Crippen LogP contribution in [0.25, 0.3) is 0 Å². The highest BCUT2D eigenvalue weighted by Crippen LogP contribution is 2.44. The molecule has 11 heteroatoms. The summed E-state index contributed by atoms with van der Waals surface area (Å²) in [5, 5.41) is 12.8. The second kappa shape index (κ2) is 8.85. The molecule has 0 radical (unpaired) electrons. The molecule has 0 unspecified atom stereocenters. The molecule has 4 rings (SSSR count). The van der Waals surface area contributed by atoms with Crippen molar-refractivity contribution in [1.29, 1.82) is 0 Å². The van der Waals surface area contributed by atoms with E-state index in [4.69, 9.17) is 9.47 Å². The van der Waals surface area contributed by atoms with Crippen LogP contribution in [0.3, 0.4) is 0 Å². The summed E-state index contributed by atoms with van der Waals surface area (Å²) in [5.41, 5.74) is -1.84. The molecular formula is C23H15F3N2O6. The first-order valence-corrected chi connectivity index (χ1v) is 9.83. The first-order valence-electron chi connectivity index (χ1n) is 9.83. The number of nitro benzene ring substituents is 1. The van der Waals surface area contributed by atoms with E-state index < -0.39 is 52.4 Å². The van der Waals surface area contributed by atoms with Crippen molar-refractivity contribution >= 4 is 23.3 Å². The standard InChI is InChI=1S/C23H15F3N2O6/c24-23(25,26)16-11-13(28(31)32)9-10-17(16)27-20(29)12-33-22(30)21-14-5-1-3-7-18(14)34-19-8-4-2-6-15(19)21/h1-11,21H,12H2,(H,27,29). The Morgan fingerprint density at radius 3 is 2.15 bits per heavy atom. The van der Waals surface area contributed by atoms with Crippen molar-refractivity contribution in [3.8, 4) is 11.5 Å². The number of hydrogen-bond donors (Lipinski definition) is 1. The van der Waals surface area contributed by atoms with Gasteiger partial charge in [-0.25, -0.2) is 0 Å². The number of hydrogen-bond acceptors (Lipinski definition) is 6. The molecule has 1 aliphatic heterocycles. The molecule has 0 spiro atoms. The lowest BCUT2D eigenvalue weighted by atomic mass is 9.88. The molecule has 3 aromatic rings. The van der Waals surface area contributed by atoms with Crippen LogP contribution in [0, 0.1) is 10.1 Å². The van der Waals surface area contributed by atoms with Crippen LogP contribution in [0.2, 0.25) is 0 Å². The van der Waals surface area contributed by atoms with Crippen LogP contribution in [0.5, 0.6) is 11.5 Å². The van der Waals surface area contributed by atoms with E-state index in [0.717, 1.165) is 12.1 Å². The first kappa shape index (κ1) is 22.8. The highest BCUT2D eigenvalue weighted by Gasteiger charge is 2.36. The van der Waals surface area contributed by atoms with Crippen molar-refractivity contribution in [2.75, 3.05) is 11.9 Å². The minimum absolute atomic E-state index is 0.317. The number of para-hydroxylation sites is 2. The van der Waals surface area contributed by atoms with Gasteiger partial charge in [0, 0.05) is 23.3 Å². The molecule has 1 heterocycles. The summed E-state index contributed by atoms with van der Waals surface area (Å²) in [6, 6.07) is 15.5. The summed E-state index contributed by atoms with van der Waals surface area (Å²) in [4.78, 5) is 35.0. The lowest BCUT2D eigenvalue weighted by Crippen LogP contribution is -2.26. The van der Waals surface area contributed by atoms with Crippen LogP contribution < -0.4 is 10.1 Å². The minimum Gasteiger partial charge on any atom is -0.457 e. The quantitative estimate of drug-likeness (QED) is 0.317. The number of fused-ring (bicyclic) bond motifs is 2. The lowest BCUT2D eigenvalue weighted by Gasteiger charge is -2.26. The molecule has 3 aromatic carbocycles. The molecule has 8 nitrogen and oxygen atoms in total. The molecule has 0 saturated carbocycles. The second-order valence-electron chi connectivity index (χ2n) is 7.25. The van der Waals surface area contributed by atoms with Gasteiger partial charge in [0.25, 0.3) is 11.6 Å². The van der Waals surface area contributed by atoms with Crippen molar-refractivity contribution in [1.82, 2.24) is 0 Å². The predicted molar refractivity (Wildman–Crippen MR) is 112 cm³/mol. The molecule has 0 bridgehead atoms. The van der Waals surface area contributed by atoms with Crippen LogP contribution in [-0.2, 0) is 20.5 Å². The zero-order valence-electron chi connectivity index (χ0n) is 17.2. The Balaban J connectivity index is 1.51. The third-order valence-corrected chi connectivity index (χ3v) is 5.05. The van der Waals surface area contributed by atoms with Crippen LogP contribution in [0.1, 0.15) is 22.6 Å². The van der Waals surface area contributed by atoms with E-state index in [2.05, 4.69) is 0 Å². The maximum atomic E-state index is 13.3.